The average Bonchev–Trinajstić information content (AvgIpc) is 3.18. The van der Waals surface area contributed by atoms with Crippen LogP contribution in [-0.2, 0) is 4.74 Å². The first kappa shape index (κ1) is 16.0. The number of ether oxygens (including phenoxy) is 1. The molecule has 0 aromatic rings. The number of hydrogen-bond donors (Lipinski definition) is 1. The molecule has 1 atom stereocenters. The molecule has 20 heavy (non-hydrogen) atoms. The summed E-state index contributed by atoms with van der Waals surface area (Å²) in [6, 6.07) is 0.898. The molecule has 0 amide bonds. The van der Waals surface area contributed by atoms with E-state index >= 15 is 0 Å². The smallest absolute Gasteiger partial charge is 0.383 e. The van der Waals surface area contributed by atoms with Crippen LogP contribution >= 0.6 is 0 Å². The van der Waals surface area contributed by atoms with Crippen LogP contribution in [0.25, 0.3) is 0 Å². The standard InChI is InChI=1S/C13H24F3N3O/c1-20-9-12(8-17-11-2-3-11)19-6-4-18(5-7-19)10-13(14,15)16/h11-12,17H,2-10H2,1H3. The third kappa shape index (κ3) is 5.55. The molecule has 118 valence electrons. The summed E-state index contributed by atoms with van der Waals surface area (Å²) >= 11 is 0. The Morgan fingerprint density at radius 3 is 2.35 bits per heavy atom. The third-order valence-electron chi connectivity index (χ3n) is 3.90. The molecule has 0 radical (unpaired) electrons. The van der Waals surface area contributed by atoms with E-state index in [2.05, 4.69) is 10.2 Å². The summed E-state index contributed by atoms with van der Waals surface area (Å²) in [7, 11) is 1.67. The highest BCUT2D eigenvalue weighted by Crippen LogP contribution is 2.20. The summed E-state index contributed by atoms with van der Waals surface area (Å²) < 4.78 is 42.3. The normalized spacial score (nSPS) is 24.0. The minimum Gasteiger partial charge on any atom is -0.383 e. The molecular formula is C13H24F3N3O. The molecule has 1 aliphatic heterocycles. The van der Waals surface area contributed by atoms with E-state index in [0.29, 0.717) is 38.8 Å². The second-order valence-corrected chi connectivity index (χ2v) is 5.72. The average molecular weight is 295 g/mol. The fraction of sp³-hybridized carbons (Fsp3) is 1.00. The van der Waals surface area contributed by atoms with Crippen molar-refractivity contribution in [3.63, 3.8) is 0 Å². The molecule has 2 rings (SSSR count). The number of hydrogen-bond acceptors (Lipinski definition) is 4. The van der Waals surface area contributed by atoms with Crippen molar-refractivity contribution < 1.29 is 17.9 Å². The molecule has 0 aromatic heterocycles. The summed E-state index contributed by atoms with van der Waals surface area (Å²) in [6.07, 6.45) is -1.63. The van der Waals surface area contributed by atoms with Gasteiger partial charge in [-0.25, -0.2) is 0 Å². The van der Waals surface area contributed by atoms with E-state index in [0.717, 1.165) is 6.54 Å². The molecule has 0 spiro atoms. The van der Waals surface area contributed by atoms with Gasteiger partial charge < -0.3 is 10.1 Å². The van der Waals surface area contributed by atoms with E-state index in [1.807, 2.05) is 0 Å². The van der Waals surface area contributed by atoms with Crippen LogP contribution in [0, 0.1) is 0 Å². The summed E-state index contributed by atoms with van der Waals surface area (Å²) in [5.74, 6) is 0. The molecule has 1 unspecified atom stereocenters. The maximum absolute atomic E-state index is 12.3. The lowest BCUT2D eigenvalue weighted by molar-refractivity contribution is -0.150. The van der Waals surface area contributed by atoms with Gasteiger partial charge in [-0.15, -0.1) is 0 Å². The molecule has 1 saturated heterocycles. The van der Waals surface area contributed by atoms with Crippen molar-refractivity contribution >= 4 is 0 Å². The summed E-state index contributed by atoms with van der Waals surface area (Å²) in [6.45, 7) is 2.99. The minimum atomic E-state index is -4.10. The summed E-state index contributed by atoms with van der Waals surface area (Å²) in [5.41, 5.74) is 0. The van der Waals surface area contributed by atoms with Crippen LogP contribution in [-0.4, -0.2) is 81.0 Å². The van der Waals surface area contributed by atoms with Crippen molar-refractivity contribution in [2.75, 3.05) is 53.0 Å². The van der Waals surface area contributed by atoms with E-state index in [4.69, 9.17) is 4.74 Å². The monoisotopic (exact) mass is 295 g/mol. The van der Waals surface area contributed by atoms with Crippen molar-refractivity contribution in [2.24, 2.45) is 0 Å². The van der Waals surface area contributed by atoms with E-state index in [1.165, 1.54) is 17.7 Å². The number of alkyl halides is 3. The Labute approximate surface area is 118 Å². The Morgan fingerprint density at radius 2 is 1.85 bits per heavy atom. The molecule has 2 fully saturated rings. The minimum absolute atomic E-state index is 0.258. The highest BCUT2D eigenvalue weighted by molar-refractivity contribution is 4.86. The number of nitrogens with one attached hydrogen (secondary N) is 1. The number of nitrogens with zero attached hydrogens (tertiary/aromatic N) is 2. The van der Waals surface area contributed by atoms with Crippen LogP contribution in [0.15, 0.2) is 0 Å². The van der Waals surface area contributed by atoms with Crippen LogP contribution in [0.1, 0.15) is 12.8 Å². The van der Waals surface area contributed by atoms with Gasteiger partial charge in [-0.05, 0) is 12.8 Å². The van der Waals surface area contributed by atoms with Crippen LogP contribution in [0.2, 0.25) is 0 Å². The predicted molar refractivity (Wildman–Crippen MR) is 70.8 cm³/mol. The van der Waals surface area contributed by atoms with E-state index in [-0.39, 0.29) is 6.04 Å². The number of rotatable bonds is 7. The van der Waals surface area contributed by atoms with Gasteiger partial charge in [0.2, 0.25) is 0 Å². The van der Waals surface area contributed by atoms with E-state index < -0.39 is 12.7 Å². The quantitative estimate of drug-likeness (QED) is 0.756. The van der Waals surface area contributed by atoms with Crippen LogP contribution in [0.4, 0.5) is 13.2 Å². The molecule has 1 aliphatic carbocycles. The molecule has 2 aliphatic rings. The number of piperazine rings is 1. The molecule has 0 aromatic carbocycles. The molecule has 7 heteroatoms. The second kappa shape index (κ2) is 7.06. The lowest BCUT2D eigenvalue weighted by atomic mass is 10.2. The first-order valence-corrected chi connectivity index (χ1v) is 7.23. The third-order valence-corrected chi connectivity index (χ3v) is 3.90. The zero-order valence-electron chi connectivity index (χ0n) is 12.0. The predicted octanol–water partition coefficient (Wildman–Crippen LogP) is 0.933. The van der Waals surface area contributed by atoms with Crippen LogP contribution < -0.4 is 5.32 Å². The molecular weight excluding hydrogens is 271 g/mol. The summed E-state index contributed by atoms with van der Waals surface area (Å²) in [5, 5.41) is 3.47. The van der Waals surface area contributed by atoms with Crippen molar-refractivity contribution in [1.29, 1.82) is 0 Å². The van der Waals surface area contributed by atoms with Gasteiger partial charge in [-0.2, -0.15) is 13.2 Å². The topological polar surface area (TPSA) is 27.7 Å². The Morgan fingerprint density at radius 1 is 1.20 bits per heavy atom. The maximum atomic E-state index is 12.3. The lowest BCUT2D eigenvalue weighted by Gasteiger charge is -2.39. The Kier molecular flexibility index (Phi) is 5.65. The van der Waals surface area contributed by atoms with Gasteiger partial charge in [0, 0.05) is 51.9 Å². The largest absolute Gasteiger partial charge is 0.401 e. The molecule has 1 N–H and O–H groups in total. The van der Waals surface area contributed by atoms with Crippen molar-refractivity contribution in [3.05, 3.63) is 0 Å². The van der Waals surface area contributed by atoms with Crippen LogP contribution in [0.5, 0.6) is 0 Å². The molecule has 1 saturated carbocycles. The Hall–Kier alpha value is -0.370. The van der Waals surface area contributed by atoms with Gasteiger partial charge >= 0.3 is 6.18 Å². The highest BCUT2D eigenvalue weighted by Gasteiger charge is 2.33. The zero-order valence-corrected chi connectivity index (χ0v) is 12.0. The van der Waals surface area contributed by atoms with Gasteiger partial charge in [0.1, 0.15) is 0 Å². The van der Waals surface area contributed by atoms with Crippen molar-refractivity contribution in [2.45, 2.75) is 31.1 Å². The first-order chi connectivity index (χ1) is 9.48. The lowest BCUT2D eigenvalue weighted by Crippen LogP contribution is -2.55. The molecule has 1 heterocycles. The highest BCUT2D eigenvalue weighted by atomic mass is 19.4. The number of halogens is 3. The fourth-order valence-electron chi connectivity index (χ4n) is 2.62. The van der Waals surface area contributed by atoms with Crippen molar-refractivity contribution in [1.82, 2.24) is 15.1 Å². The molecule has 4 nitrogen and oxygen atoms in total. The van der Waals surface area contributed by atoms with Gasteiger partial charge in [0.15, 0.2) is 0 Å². The number of methoxy groups -OCH3 is 1. The SMILES string of the molecule is COCC(CNC1CC1)N1CCN(CC(F)(F)F)CC1. The second-order valence-electron chi connectivity index (χ2n) is 5.72. The summed E-state index contributed by atoms with van der Waals surface area (Å²) in [4.78, 5) is 3.72. The fourth-order valence-corrected chi connectivity index (χ4v) is 2.62. The first-order valence-electron chi connectivity index (χ1n) is 7.23. The Balaban J connectivity index is 1.73. The van der Waals surface area contributed by atoms with Gasteiger partial charge in [0.05, 0.1) is 13.2 Å². The van der Waals surface area contributed by atoms with Crippen LogP contribution in [0.3, 0.4) is 0 Å². The Bertz CT molecular complexity index is 289. The van der Waals surface area contributed by atoms with Gasteiger partial charge in [-0.3, -0.25) is 9.80 Å². The van der Waals surface area contributed by atoms with Gasteiger partial charge in [-0.1, -0.05) is 0 Å². The van der Waals surface area contributed by atoms with Gasteiger partial charge in [0.25, 0.3) is 0 Å². The maximum Gasteiger partial charge on any atom is 0.401 e. The van der Waals surface area contributed by atoms with Crippen molar-refractivity contribution in [3.8, 4) is 0 Å². The molecule has 0 bridgehead atoms. The van der Waals surface area contributed by atoms with E-state index in [9.17, 15) is 13.2 Å². The van der Waals surface area contributed by atoms with E-state index in [1.54, 1.807) is 7.11 Å². The zero-order chi connectivity index (χ0) is 14.6.